The monoisotopic (exact) mass is 408 g/mol. The van der Waals surface area contributed by atoms with Crippen molar-refractivity contribution in [3.63, 3.8) is 0 Å². The second-order valence-electron chi connectivity index (χ2n) is 8.75. The normalized spacial score (nSPS) is 18.3. The molecular weight excluding hydrogens is 372 g/mol. The van der Waals surface area contributed by atoms with Crippen molar-refractivity contribution in [1.82, 2.24) is 4.90 Å². The highest BCUT2D eigenvalue weighted by atomic mass is 32.2. The Balaban J connectivity index is 1.58. The molecule has 2 saturated heterocycles. The van der Waals surface area contributed by atoms with Crippen LogP contribution in [0.1, 0.15) is 49.3 Å². The summed E-state index contributed by atoms with van der Waals surface area (Å²) < 4.78 is 0. The summed E-state index contributed by atoms with van der Waals surface area (Å²) in [6.45, 7) is 11.6. The van der Waals surface area contributed by atoms with Gasteiger partial charge in [-0.2, -0.15) is 11.8 Å². The molecule has 0 saturated carbocycles. The van der Waals surface area contributed by atoms with Gasteiger partial charge in [0.2, 0.25) is 0 Å². The summed E-state index contributed by atoms with van der Waals surface area (Å²) in [5.41, 5.74) is 8.44. The van der Waals surface area contributed by atoms with Gasteiger partial charge in [-0.3, -0.25) is 4.90 Å². The van der Waals surface area contributed by atoms with Gasteiger partial charge in [0.25, 0.3) is 0 Å². The first-order valence-corrected chi connectivity index (χ1v) is 12.6. The maximum absolute atomic E-state index is 2.67. The van der Waals surface area contributed by atoms with Crippen LogP contribution in [0.4, 0.5) is 5.69 Å². The molecule has 2 heterocycles. The van der Waals surface area contributed by atoms with Gasteiger partial charge in [0.05, 0.1) is 0 Å². The fourth-order valence-electron chi connectivity index (χ4n) is 4.93. The van der Waals surface area contributed by atoms with E-state index in [9.17, 15) is 0 Å². The third-order valence-electron chi connectivity index (χ3n) is 6.81. The lowest BCUT2D eigenvalue weighted by atomic mass is 9.96. The summed E-state index contributed by atoms with van der Waals surface area (Å²) in [4.78, 5) is 5.25. The molecule has 156 valence electrons. The molecule has 3 heteroatoms. The second-order valence-corrected chi connectivity index (χ2v) is 9.97. The van der Waals surface area contributed by atoms with Crippen LogP contribution < -0.4 is 4.90 Å². The van der Waals surface area contributed by atoms with Crippen molar-refractivity contribution in [3.8, 4) is 11.1 Å². The Bertz CT molecular complexity index is 802. The number of hydrogen-bond donors (Lipinski definition) is 0. The van der Waals surface area contributed by atoms with Crippen LogP contribution in [0.25, 0.3) is 11.1 Å². The van der Waals surface area contributed by atoms with Crippen LogP contribution in [0.3, 0.4) is 0 Å². The topological polar surface area (TPSA) is 6.48 Å². The third-order valence-corrected chi connectivity index (χ3v) is 7.86. The van der Waals surface area contributed by atoms with Gasteiger partial charge in [-0.1, -0.05) is 30.3 Å². The Labute approximate surface area is 181 Å². The molecule has 29 heavy (non-hydrogen) atoms. The minimum Gasteiger partial charge on any atom is -0.369 e. The number of rotatable bonds is 6. The molecule has 0 aliphatic carbocycles. The molecule has 0 atom stereocenters. The average molecular weight is 409 g/mol. The molecule has 2 aliphatic rings. The molecule has 2 aromatic rings. The number of likely N-dealkylation sites (tertiary alicyclic amines) is 1. The minimum atomic E-state index is 0.692. The van der Waals surface area contributed by atoms with E-state index < -0.39 is 0 Å². The van der Waals surface area contributed by atoms with Gasteiger partial charge in [-0.05, 0) is 105 Å². The van der Waals surface area contributed by atoms with Crippen LogP contribution in [0.5, 0.6) is 0 Å². The van der Waals surface area contributed by atoms with Crippen molar-refractivity contribution < 1.29 is 0 Å². The van der Waals surface area contributed by atoms with Crippen molar-refractivity contribution in [2.75, 3.05) is 36.0 Å². The van der Waals surface area contributed by atoms with Crippen molar-refractivity contribution in [2.45, 2.75) is 59.0 Å². The number of thioether (sulfide) groups is 1. The summed E-state index contributed by atoms with van der Waals surface area (Å²) in [5, 5.41) is 0. The molecular formula is C26H36N2S. The SMILES string of the molecule is CCN(c1cc(-c2ccc(CN3CCCC3)cc2)cc(C)c1C)C1CCSCC1. The largest absolute Gasteiger partial charge is 0.369 e. The highest BCUT2D eigenvalue weighted by Gasteiger charge is 2.22. The Morgan fingerprint density at radius 2 is 1.66 bits per heavy atom. The predicted octanol–water partition coefficient (Wildman–Crippen LogP) is 6.29. The summed E-state index contributed by atoms with van der Waals surface area (Å²) in [5.74, 6) is 2.61. The highest BCUT2D eigenvalue weighted by molar-refractivity contribution is 7.99. The first kappa shape index (κ1) is 20.8. The summed E-state index contributed by atoms with van der Waals surface area (Å²) in [6, 6.07) is 14.8. The van der Waals surface area contributed by atoms with E-state index in [1.54, 1.807) is 0 Å². The summed E-state index contributed by atoms with van der Waals surface area (Å²) >= 11 is 2.11. The van der Waals surface area contributed by atoms with E-state index in [-0.39, 0.29) is 0 Å². The fraction of sp³-hybridized carbons (Fsp3) is 0.538. The smallest absolute Gasteiger partial charge is 0.0407 e. The Kier molecular flexibility index (Phi) is 6.87. The first-order valence-electron chi connectivity index (χ1n) is 11.4. The van der Waals surface area contributed by atoms with Gasteiger partial charge >= 0.3 is 0 Å². The number of aryl methyl sites for hydroxylation is 1. The number of hydrogen-bond acceptors (Lipinski definition) is 3. The lowest BCUT2D eigenvalue weighted by Crippen LogP contribution is -2.38. The van der Waals surface area contributed by atoms with Gasteiger partial charge in [-0.15, -0.1) is 0 Å². The molecule has 2 nitrogen and oxygen atoms in total. The van der Waals surface area contributed by atoms with Gasteiger partial charge in [0.15, 0.2) is 0 Å². The number of nitrogens with zero attached hydrogens (tertiary/aromatic N) is 2. The van der Waals surface area contributed by atoms with Crippen LogP contribution in [0, 0.1) is 13.8 Å². The average Bonchev–Trinajstić information content (AvgIpc) is 3.26. The zero-order chi connectivity index (χ0) is 20.2. The van der Waals surface area contributed by atoms with Crippen LogP contribution in [0.2, 0.25) is 0 Å². The predicted molar refractivity (Wildman–Crippen MR) is 129 cm³/mol. The standard InChI is InChI=1S/C26H36N2S/c1-4-28(25-11-15-29-16-12-25)26-18-24(17-20(2)21(26)3)23-9-7-22(8-10-23)19-27-13-5-6-14-27/h7-10,17-18,25H,4-6,11-16,19H2,1-3H3. The highest BCUT2D eigenvalue weighted by Crippen LogP contribution is 2.34. The quantitative estimate of drug-likeness (QED) is 0.555. The summed E-state index contributed by atoms with van der Waals surface area (Å²) in [7, 11) is 0. The molecule has 2 aromatic carbocycles. The molecule has 0 aromatic heterocycles. The van der Waals surface area contributed by atoms with Crippen LogP contribution in [0.15, 0.2) is 36.4 Å². The Morgan fingerprint density at radius 1 is 0.966 bits per heavy atom. The van der Waals surface area contributed by atoms with Gasteiger partial charge in [-0.25, -0.2) is 0 Å². The van der Waals surface area contributed by atoms with Crippen LogP contribution in [-0.4, -0.2) is 42.1 Å². The Hall–Kier alpha value is -1.45. The van der Waals surface area contributed by atoms with Crippen molar-refractivity contribution in [3.05, 3.63) is 53.1 Å². The van der Waals surface area contributed by atoms with E-state index in [0.29, 0.717) is 6.04 Å². The Morgan fingerprint density at radius 3 is 2.31 bits per heavy atom. The van der Waals surface area contributed by atoms with Crippen molar-refractivity contribution in [2.24, 2.45) is 0 Å². The van der Waals surface area contributed by atoms with E-state index in [0.717, 1.165) is 13.1 Å². The summed E-state index contributed by atoms with van der Waals surface area (Å²) in [6.07, 6.45) is 5.34. The zero-order valence-electron chi connectivity index (χ0n) is 18.4. The lowest BCUT2D eigenvalue weighted by molar-refractivity contribution is 0.331. The molecule has 0 radical (unpaired) electrons. The maximum Gasteiger partial charge on any atom is 0.0407 e. The third kappa shape index (κ3) is 4.83. The molecule has 0 amide bonds. The van der Waals surface area contributed by atoms with Gasteiger partial charge in [0.1, 0.15) is 0 Å². The van der Waals surface area contributed by atoms with E-state index in [1.807, 2.05) is 0 Å². The van der Waals surface area contributed by atoms with E-state index in [2.05, 4.69) is 78.7 Å². The van der Waals surface area contributed by atoms with E-state index in [4.69, 9.17) is 0 Å². The van der Waals surface area contributed by atoms with Crippen LogP contribution >= 0.6 is 11.8 Å². The molecule has 2 aliphatic heterocycles. The van der Waals surface area contributed by atoms with E-state index in [1.165, 1.54) is 83.8 Å². The van der Waals surface area contributed by atoms with Crippen molar-refractivity contribution >= 4 is 17.4 Å². The van der Waals surface area contributed by atoms with Gasteiger partial charge in [0, 0.05) is 24.8 Å². The molecule has 4 rings (SSSR count). The maximum atomic E-state index is 2.67. The first-order chi connectivity index (χ1) is 14.2. The zero-order valence-corrected chi connectivity index (χ0v) is 19.2. The number of benzene rings is 2. The molecule has 0 unspecified atom stereocenters. The number of anilines is 1. The van der Waals surface area contributed by atoms with Gasteiger partial charge < -0.3 is 4.90 Å². The van der Waals surface area contributed by atoms with Crippen LogP contribution in [-0.2, 0) is 6.54 Å². The molecule has 2 fully saturated rings. The van der Waals surface area contributed by atoms with E-state index >= 15 is 0 Å². The fourth-order valence-corrected chi connectivity index (χ4v) is 6.01. The lowest BCUT2D eigenvalue weighted by Gasteiger charge is -2.36. The molecule has 0 N–H and O–H groups in total. The molecule has 0 bridgehead atoms. The minimum absolute atomic E-state index is 0.692. The molecule has 0 spiro atoms. The second kappa shape index (κ2) is 9.57. The van der Waals surface area contributed by atoms with Crippen molar-refractivity contribution in [1.29, 1.82) is 0 Å².